The van der Waals surface area contributed by atoms with Gasteiger partial charge in [-0.25, -0.2) is 0 Å². The van der Waals surface area contributed by atoms with Gasteiger partial charge in [0.2, 0.25) is 0 Å². The minimum Gasteiger partial charge on any atom is -0.297 e. The van der Waals surface area contributed by atoms with Gasteiger partial charge in [0.25, 0.3) is 0 Å². The van der Waals surface area contributed by atoms with Gasteiger partial charge < -0.3 is 0 Å². The standard InChI is InChI=1S/C11H24N2/c1-9(2)7-13(8-10(3)4)12-11(5)6/h9-10H,7-8H2,1-6H3. The van der Waals surface area contributed by atoms with Crippen molar-refractivity contribution >= 4 is 5.71 Å². The minimum absolute atomic E-state index is 0.682. The van der Waals surface area contributed by atoms with Crippen molar-refractivity contribution in [2.45, 2.75) is 41.5 Å². The van der Waals surface area contributed by atoms with Gasteiger partial charge in [0.1, 0.15) is 0 Å². The highest BCUT2D eigenvalue weighted by molar-refractivity contribution is 5.78. The van der Waals surface area contributed by atoms with Crippen LogP contribution in [0.1, 0.15) is 41.5 Å². The Bertz CT molecular complexity index is 145. The number of rotatable bonds is 5. The number of nitrogens with zero attached hydrogens (tertiary/aromatic N) is 2. The maximum Gasteiger partial charge on any atom is 0.0383 e. The Labute approximate surface area is 83.0 Å². The van der Waals surface area contributed by atoms with E-state index in [2.05, 4.69) is 37.8 Å². The second-order valence-corrected chi connectivity index (χ2v) is 4.71. The van der Waals surface area contributed by atoms with Gasteiger partial charge in [0.05, 0.1) is 0 Å². The van der Waals surface area contributed by atoms with Crippen molar-refractivity contribution in [3.05, 3.63) is 0 Å². The zero-order valence-electron chi connectivity index (χ0n) is 9.96. The summed E-state index contributed by atoms with van der Waals surface area (Å²) < 4.78 is 0. The average Bonchev–Trinajstić information content (AvgIpc) is 1.80. The van der Waals surface area contributed by atoms with Crippen LogP contribution in [0, 0.1) is 11.8 Å². The molecule has 78 valence electrons. The molecule has 0 amide bonds. The molecule has 0 atom stereocenters. The number of hydrogen-bond acceptors (Lipinski definition) is 2. The van der Waals surface area contributed by atoms with Crippen molar-refractivity contribution in [3.8, 4) is 0 Å². The summed E-state index contributed by atoms with van der Waals surface area (Å²) in [5.41, 5.74) is 1.14. The molecule has 0 aliphatic heterocycles. The molecule has 0 heterocycles. The second-order valence-electron chi connectivity index (χ2n) is 4.71. The van der Waals surface area contributed by atoms with E-state index in [4.69, 9.17) is 0 Å². The topological polar surface area (TPSA) is 15.6 Å². The molecule has 0 bridgehead atoms. The average molecular weight is 184 g/mol. The SMILES string of the molecule is CC(C)=NN(CC(C)C)CC(C)C. The fourth-order valence-corrected chi connectivity index (χ4v) is 1.28. The molecule has 0 N–H and O–H groups in total. The monoisotopic (exact) mass is 184 g/mol. The molecule has 0 saturated heterocycles. The lowest BCUT2D eigenvalue weighted by molar-refractivity contribution is 0.229. The molecule has 0 saturated carbocycles. The molecule has 0 aliphatic carbocycles. The molecule has 0 spiro atoms. The molecule has 2 nitrogen and oxygen atoms in total. The third-order valence-corrected chi connectivity index (χ3v) is 1.49. The molecule has 0 rings (SSSR count). The van der Waals surface area contributed by atoms with Gasteiger partial charge in [0, 0.05) is 18.8 Å². The fraction of sp³-hybridized carbons (Fsp3) is 0.909. The summed E-state index contributed by atoms with van der Waals surface area (Å²) in [5.74, 6) is 1.36. The van der Waals surface area contributed by atoms with E-state index < -0.39 is 0 Å². The normalized spacial score (nSPS) is 10.8. The molecule has 0 aliphatic rings. The van der Waals surface area contributed by atoms with Crippen LogP contribution in [0.5, 0.6) is 0 Å². The van der Waals surface area contributed by atoms with E-state index in [0.29, 0.717) is 11.8 Å². The summed E-state index contributed by atoms with van der Waals surface area (Å²) in [5, 5.41) is 6.69. The Balaban J connectivity index is 4.11. The van der Waals surface area contributed by atoms with Gasteiger partial charge in [-0.2, -0.15) is 5.10 Å². The van der Waals surface area contributed by atoms with Gasteiger partial charge in [-0.15, -0.1) is 0 Å². The summed E-state index contributed by atoms with van der Waals surface area (Å²) in [6, 6.07) is 0. The minimum atomic E-state index is 0.682. The Kier molecular flexibility index (Phi) is 5.76. The van der Waals surface area contributed by atoms with Crippen LogP contribution in [0.25, 0.3) is 0 Å². The van der Waals surface area contributed by atoms with Crippen LogP contribution in [-0.2, 0) is 0 Å². The van der Waals surface area contributed by atoms with Gasteiger partial charge >= 0.3 is 0 Å². The van der Waals surface area contributed by atoms with Gasteiger partial charge in [-0.3, -0.25) is 5.01 Å². The van der Waals surface area contributed by atoms with Crippen LogP contribution in [0.3, 0.4) is 0 Å². The maximum atomic E-state index is 4.51. The van der Waals surface area contributed by atoms with E-state index in [1.165, 1.54) is 0 Å². The highest BCUT2D eigenvalue weighted by Crippen LogP contribution is 2.04. The summed E-state index contributed by atoms with van der Waals surface area (Å²) in [4.78, 5) is 0. The lowest BCUT2D eigenvalue weighted by Crippen LogP contribution is -2.27. The molecular weight excluding hydrogens is 160 g/mol. The van der Waals surface area contributed by atoms with Crippen molar-refractivity contribution in [3.63, 3.8) is 0 Å². The third-order valence-electron chi connectivity index (χ3n) is 1.49. The van der Waals surface area contributed by atoms with Gasteiger partial charge in [-0.1, -0.05) is 27.7 Å². The quantitative estimate of drug-likeness (QED) is 0.474. The Morgan fingerprint density at radius 1 is 1.00 bits per heavy atom. The Morgan fingerprint density at radius 2 is 1.38 bits per heavy atom. The summed E-state index contributed by atoms with van der Waals surface area (Å²) in [6.45, 7) is 15.1. The van der Waals surface area contributed by atoms with Gasteiger partial charge in [-0.05, 0) is 25.7 Å². The first kappa shape index (κ1) is 12.5. The van der Waals surface area contributed by atoms with Crippen LogP contribution in [0.15, 0.2) is 5.10 Å². The zero-order chi connectivity index (χ0) is 10.4. The molecule has 13 heavy (non-hydrogen) atoms. The highest BCUT2D eigenvalue weighted by Gasteiger charge is 2.06. The lowest BCUT2D eigenvalue weighted by atomic mass is 10.2. The summed E-state index contributed by atoms with van der Waals surface area (Å²) >= 11 is 0. The van der Waals surface area contributed by atoms with E-state index in [1.807, 2.05) is 13.8 Å². The van der Waals surface area contributed by atoms with Crippen LogP contribution in [0.4, 0.5) is 0 Å². The Hall–Kier alpha value is -0.530. The number of hydrogen-bond donors (Lipinski definition) is 0. The predicted octanol–water partition coefficient (Wildman–Crippen LogP) is 3.00. The van der Waals surface area contributed by atoms with E-state index in [9.17, 15) is 0 Å². The van der Waals surface area contributed by atoms with Crippen LogP contribution in [-0.4, -0.2) is 23.8 Å². The van der Waals surface area contributed by atoms with Crippen molar-refractivity contribution < 1.29 is 0 Å². The fourth-order valence-electron chi connectivity index (χ4n) is 1.28. The zero-order valence-corrected chi connectivity index (χ0v) is 9.96. The molecule has 0 radical (unpaired) electrons. The van der Waals surface area contributed by atoms with Crippen LogP contribution in [0.2, 0.25) is 0 Å². The lowest BCUT2D eigenvalue weighted by Gasteiger charge is -2.23. The van der Waals surface area contributed by atoms with Crippen molar-refractivity contribution in [2.75, 3.05) is 13.1 Å². The van der Waals surface area contributed by atoms with E-state index in [1.54, 1.807) is 0 Å². The van der Waals surface area contributed by atoms with E-state index >= 15 is 0 Å². The summed E-state index contributed by atoms with van der Waals surface area (Å²) in [7, 11) is 0. The first-order chi connectivity index (χ1) is 5.91. The summed E-state index contributed by atoms with van der Waals surface area (Å²) in [6.07, 6.45) is 0. The van der Waals surface area contributed by atoms with Crippen LogP contribution >= 0.6 is 0 Å². The largest absolute Gasteiger partial charge is 0.297 e. The molecule has 2 heteroatoms. The smallest absolute Gasteiger partial charge is 0.0383 e. The van der Waals surface area contributed by atoms with Crippen molar-refractivity contribution in [1.29, 1.82) is 0 Å². The van der Waals surface area contributed by atoms with E-state index in [-0.39, 0.29) is 0 Å². The van der Waals surface area contributed by atoms with Crippen molar-refractivity contribution in [2.24, 2.45) is 16.9 Å². The molecular formula is C11H24N2. The first-order valence-electron chi connectivity index (χ1n) is 5.18. The van der Waals surface area contributed by atoms with Crippen molar-refractivity contribution in [1.82, 2.24) is 5.01 Å². The predicted molar refractivity (Wildman–Crippen MR) is 60.0 cm³/mol. The molecule has 0 aromatic heterocycles. The second kappa shape index (κ2) is 6.01. The molecule has 0 aromatic carbocycles. The maximum absolute atomic E-state index is 4.51. The third kappa shape index (κ3) is 7.82. The van der Waals surface area contributed by atoms with Gasteiger partial charge in [0.15, 0.2) is 0 Å². The molecule has 0 aromatic rings. The van der Waals surface area contributed by atoms with Crippen LogP contribution < -0.4 is 0 Å². The Morgan fingerprint density at radius 3 is 1.62 bits per heavy atom. The first-order valence-corrected chi connectivity index (χ1v) is 5.18. The molecule has 0 unspecified atom stereocenters. The molecule has 0 fully saturated rings. The van der Waals surface area contributed by atoms with E-state index in [0.717, 1.165) is 18.8 Å². The number of hydrazone groups is 1. The highest BCUT2D eigenvalue weighted by atomic mass is 15.4.